The summed E-state index contributed by atoms with van der Waals surface area (Å²) in [5.74, 6) is -0.520. The van der Waals surface area contributed by atoms with Gasteiger partial charge in [0, 0.05) is 35.5 Å². The Morgan fingerprint density at radius 2 is 1.87 bits per heavy atom. The van der Waals surface area contributed by atoms with Crippen molar-refractivity contribution >= 4 is 28.8 Å². The molecule has 2 N–H and O–H groups in total. The van der Waals surface area contributed by atoms with Crippen LogP contribution in [0.25, 0.3) is 0 Å². The number of carbonyl (C=O) groups excluding carboxylic acids is 2. The average molecular weight is 333 g/mol. The topological polar surface area (TPSA) is 101 Å². The lowest BCUT2D eigenvalue weighted by molar-refractivity contribution is -0.384. The maximum Gasteiger partial charge on any atom is 0.269 e. The predicted octanol–water partition coefficient (Wildman–Crippen LogP) is 2.09. The van der Waals surface area contributed by atoms with E-state index in [0.29, 0.717) is 12.1 Å². The normalized spacial score (nSPS) is 10.1. The lowest BCUT2D eigenvalue weighted by Crippen LogP contribution is -2.30. The van der Waals surface area contributed by atoms with E-state index in [2.05, 4.69) is 10.6 Å². The van der Waals surface area contributed by atoms with Gasteiger partial charge < -0.3 is 10.6 Å². The summed E-state index contributed by atoms with van der Waals surface area (Å²) >= 11 is 1.56. The predicted molar refractivity (Wildman–Crippen MR) is 86.2 cm³/mol. The lowest BCUT2D eigenvalue weighted by atomic mass is 10.2. The van der Waals surface area contributed by atoms with Gasteiger partial charge in [0.15, 0.2) is 0 Å². The van der Waals surface area contributed by atoms with Crippen molar-refractivity contribution in [3.8, 4) is 0 Å². The summed E-state index contributed by atoms with van der Waals surface area (Å²) < 4.78 is 0. The third-order valence-electron chi connectivity index (χ3n) is 3.02. The van der Waals surface area contributed by atoms with Crippen molar-refractivity contribution in [3.63, 3.8) is 0 Å². The minimum absolute atomic E-state index is 0.0745. The molecule has 120 valence electrons. The van der Waals surface area contributed by atoms with Crippen LogP contribution in [0, 0.1) is 10.1 Å². The quantitative estimate of drug-likeness (QED) is 0.598. The maximum atomic E-state index is 11.8. The van der Waals surface area contributed by atoms with E-state index in [-0.39, 0.29) is 30.5 Å². The van der Waals surface area contributed by atoms with Crippen LogP contribution in [0.5, 0.6) is 0 Å². The number of nitro groups is 1. The molecule has 2 amide bonds. The van der Waals surface area contributed by atoms with Gasteiger partial charge in [-0.15, -0.1) is 11.3 Å². The van der Waals surface area contributed by atoms with Gasteiger partial charge in [0.05, 0.1) is 11.5 Å². The van der Waals surface area contributed by atoms with Gasteiger partial charge in [-0.1, -0.05) is 6.07 Å². The molecule has 0 aliphatic heterocycles. The molecule has 2 rings (SSSR count). The summed E-state index contributed by atoms with van der Waals surface area (Å²) in [5, 5.41) is 17.8. The zero-order valence-electron chi connectivity index (χ0n) is 12.2. The minimum Gasteiger partial charge on any atom is -0.352 e. The van der Waals surface area contributed by atoms with E-state index in [0.717, 1.165) is 4.88 Å². The highest BCUT2D eigenvalue weighted by Crippen LogP contribution is 2.11. The third-order valence-corrected chi connectivity index (χ3v) is 3.89. The summed E-state index contributed by atoms with van der Waals surface area (Å²) in [6.45, 7) is 0.679. The fourth-order valence-corrected chi connectivity index (χ4v) is 2.46. The van der Waals surface area contributed by atoms with Crippen molar-refractivity contribution in [2.45, 2.75) is 13.0 Å². The second-order valence-electron chi connectivity index (χ2n) is 4.67. The van der Waals surface area contributed by atoms with E-state index in [1.54, 1.807) is 11.3 Å². The molecule has 0 fully saturated rings. The molecule has 8 heteroatoms. The van der Waals surface area contributed by atoms with Crippen LogP contribution < -0.4 is 10.6 Å². The number of nitrogens with one attached hydrogen (secondary N) is 2. The highest BCUT2D eigenvalue weighted by atomic mass is 32.1. The Balaban J connectivity index is 1.71. The molecule has 1 aromatic carbocycles. The zero-order valence-corrected chi connectivity index (χ0v) is 13.0. The van der Waals surface area contributed by atoms with Gasteiger partial charge in [0.2, 0.25) is 5.91 Å². The zero-order chi connectivity index (χ0) is 16.7. The number of hydrogen-bond donors (Lipinski definition) is 2. The van der Waals surface area contributed by atoms with Crippen LogP contribution in [-0.2, 0) is 11.3 Å². The van der Waals surface area contributed by atoms with E-state index >= 15 is 0 Å². The molecule has 0 aliphatic rings. The summed E-state index contributed by atoms with van der Waals surface area (Å²) in [5.41, 5.74) is 0.240. The van der Waals surface area contributed by atoms with Gasteiger partial charge in [-0.2, -0.15) is 0 Å². The standard InChI is InChI=1S/C15H15N3O4S/c19-14(17-10-13-2-1-9-23-13)7-8-16-15(20)11-3-5-12(6-4-11)18(21)22/h1-6,9H,7-8,10H2,(H,16,20)(H,17,19). The van der Waals surface area contributed by atoms with Crippen molar-refractivity contribution in [3.05, 3.63) is 62.3 Å². The Hall–Kier alpha value is -2.74. The average Bonchev–Trinajstić information content (AvgIpc) is 3.06. The summed E-state index contributed by atoms with van der Waals surface area (Å²) in [6.07, 6.45) is 0.171. The molecule has 23 heavy (non-hydrogen) atoms. The second-order valence-corrected chi connectivity index (χ2v) is 5.70. The van der Waals surface area contributed by atoms with E-state index in [1.807, 2.05) is 17.5 Å². The van der Waals surface area contributed by atoms with Gasteiger partial charge in [0.25, 0.3) is 11.6 Å². The van der Waals surface area contributed by atoms with Crippen LogP contribution in [0.2, 0.25) is 0 Å². The number of nitrogens with zero attached hydrogens (tertiary/aromatic N) is 1. The van der Waals surface area contributed by atoms with Crippen molar-refractivity contribution in [2.24, 2.45) is 0 Å². The number of nitro benzene ring substituents is 1. The van der Waals surface area contributed by atoms with E-state index in [4.69, 9.17) is 0 Å². The Labute approximate surface area is 136 Å². The molecule has 0 bridgehead atoms. The largest absolute Gasteiger partial charge is 0.352 e. The van der Waals surface area contributed by atoms with Gasteiger partial charge in [-0.3, -0.25) is 19.7 Å². The molecule has 1 heterocycles. The highest BCUT2D eigenvalue weighted by Gasteiger charge is 2.09. The van der Waals surface area contributed by atoms with Crippen molar-refractivity contribution in [2.75, 3.05) is 6.54 Å². The Morgan fingerprint density at radius 3 is 2.48 bits per heavy atom. The first-order valence-electron chi connectivity index (χ1n) is 6.88. The number of rotatable bonds is 7. The molecule has 0 atom stereocenters. The number of thiophene rings is 1. The molecule has 0 saturated carbocycles. The molecule has 0 spiro atoms. The minimum atomic E-state index is -0.528. The van der Waals surface area contributed by atoms with Crippen LogP contribution in [-0.4, -0.2) is 23.3 Å². The third kappa shape index (κ3) is 5.19. The Bertz CT molecular complexity index is 683. The van der Waals surface area contributed by atoms with Crippen LogP contribution >= 0.6 is 11.3 Å². The van der Waals surface area contributed by atoms with Crippen molar-refractivity contribution in [1.82, 2.24) is 10.6 Å². The monoisotopic (exact) mass is 333 g/mol. The number of non-ortho nitro benzene ring substituents is 1. The number of benzene rings is 1. The van der Waals surface area contributed by atoms with Crippen molar-refractivity contribution in [1.29, 1.82) is 0 Å². The maximum absolute atomic E-state index is 11.8. The second kappa shape index (κ2) is 8.04. The number of hydrogen-bond acceptors (Lipinski definition) is 5. The smallest absolute Gasteiger partial charge is 0.269 e. The fourth-order valence-electron chi connectivity index (χ4n) is 1.81. The summed E-state index contributed by atoms with van der Waals surface area (Å²) in [4.78, 5) is 34.6. The number of carbonyl (C=O) groups is 2. The van der Waals surface area contributed by atoms with Gasteiger partial charge >= 0.3 is 0 Å². The van der Waals surface area contributed by atoms with Gasteiger partial charge in [-0.05, 0) is 23.6 Å². The molecule has 0 unspecified atom stereocenters. The molecular weight excluding hydrogens is 318 g/mol. The van der Waals surface area contributed by atoms with E-state index < -0.39 is 4.92 Å². The number of amides is 2. The SMILES string of the molecule is O=C(CCNC(=O)c1ccc([N+](=O)[O-])cc1)NCc1cccs1. The van der Waals surface area contributed by atoms with Crippen LogP contribution in [0.1, 0.15) is 21.7 Å². The fraction of sp³-hybridized carbons (Fsp3) is 0.200. The van der Waals surface area contributed by atoms with E-state index in [1.165, 1.54) is 24.3 Å². The van der Waals surface area contributed by atoms with Crippen LogP contribution in [0.15, 0.2) is 41.8 Å². The molecular formula is C15H15N3O4S. The molecule has 0 aliphatic carbocycles. The van der Waals surface area contributed by atoms with Crippen LogP contribution in [0.4, 0.5) is 5.69 Å². The lowest BCUT2D eigenvalue weighted by Gasteiger charge is -2.06. The van der Waals surface area contributed by atoms with Gasteiger partial charge in [-0.25, -0.2) is 0 Å². The van der Waals surface area contributed by atoms with Gasteiger partial charge in [0.1, 0.15) is 0 Å². The van der Waals surface area contributed by atoms with E-state index in [9.17, 15) is 19.7 Å². The summed E-state index contributed by atoms with van der Waals surface area (Å²) in [6, 6.07) is 9.14. The first-order valence-corrected chi connectivity index (χ1v) is 7.76. The molecule has 1 aromatic heterocycles. The highest BCUT2D eigenvalue weighted by molar-refractivity contribution is 7.09. The van der Waals surface area contributed by atoms with Crippen molar-refractivity contribution < 1.29 is 14.5 Å². The molecule has 7 nitrogen and oxygen atoms in total. The Morgan fingerprint density at radius 1 is 1.13 bits per heavy atom. The first-order chi connectivity index (χ1) is 11.1. The Kier molecular flexibility index (Phi) is 5.81. The molecule has 0 saturated heterocycles. The molecule has 0 radical (unpaired) electrons. The van der Waals surface area contributed by atoms with Crippen LogP contribution in [0.3, 0.4) is 0 Å². The molecule has 2 aromatic rings. The first kappa shape index (κ1) is 16.6. The summed E-state index contributed by atoms with van der Waals surface area (Å²) in [7, 11) is 0.